The summed E-state index contributed by atoms with van der Waals surface area (Å²) in [5.41, 5.74) is 0.513. The van der Waals surface area contributed by atoms with Gasteiger partial charge in [0.15, 0.2) is 0 Å². The van der Waals surface area contributed by atoms with Crippen LogP contribution in [0.15, 0.2) is 12.4 Å². The molecule has 0 aliphatic rings. The minimum atomic E-state index is -0.0949. The predicted octanol–water partition coefficient (Wildman–Crippen LogP) is 0.977. The Kier molecular flexibility index (Phi) is 4.69. The van der Waals surface area contributed by atoms with Crippen LogP contribution in [-0.2, 0) is 5.54 Å². The van der Waals surface area contributed by atoms with E-state index in [9.17, 15) is 4.79 Å². The number of rotatable bonds is 5. The summed E-state index contributed by atoms with van der Waals surface area (Å²) >= 11 is 0. The lowest BCUT2D eigenvalue weighted by Crippen LogP contribution is -2.31. The number of amides is 1. The molecule has 0 unspecified atom stereocenters. The Balaban J connectivity index is 2.50. The van der Waals surface area contributed by atoms with Gasteiger partial charge in [-0.25, -0.2) is 0 Å². The highest BCUT2D eigenvalue weighted by molar-refractivity contribution is 5.93. The highest BCUT2D eigenvalue weighted by Crippen LogP contribution is 2.12. The van der Waals surface area contributed by atoms with Crippen LogP contribution in [0.5, 0.6) is 0 Å². The van der Waals surface area contributed by atoms with Crippen molar-refractivity contribution in [3.8, 4) is 0 Å². The Morgan fingerprint density at radius 1 is 1.41 bits per heavy atom. The summed E-state index contributed by atoms with van der Waals surface area (Å²) in [5, 5.41) is 10.2. The summed E-state index contributed by atoms with van der Waals surface area (Å²) < 4.78 is 1.80. The Hall–Kier alpha value is -1.36. The second-order valence-electron chi connectivity index (χ2n) is 4.95. The zero-order valence-electron chi connectivity index (χ0n) is 11.1. The van der Waals surface area contributed by atoms with Crippen molar-refractivity contribution in [3.05, 3.63) is 18.0 Å². The van der Waals surface area contributed by atoms with Crippen molar-refractivity contribution in [2.45, 2.75) is 33.2 Å². The lowest BCUT2D eigenvalue weighted by atomic mass is 10.1. The molecule has 5 heteroatoms. The summed E-state index contributed by atoms with van der Waals surface area (Å²) in [6.07, 6.45) is 3.39. The average Bonchev–Trinajstić information content (AvgIpc) is 2.72. The summed E-state index contributed by atoms with van der Waals surface area (Å²) in [5.74, 6) is -0.0709. The average molecular weight is 238 g/mol. The number of nitrogens with zero attached hydrogens (tertiary/aromatic N) is 2. The van der Waals surface area contributed by atoms with Crippen LogP contribution in [0.2, 0.25) is 0 Å². The van der Waals surface area contributed by atoms with Gasteiger partial charge in [0, 0.05) is 19.3 Å². The van der Waals surface area contributed by atoms with Gasteiger partial charge in [0.05, 0.1) is 17.3 Å². The van der Waals surface area contributed by atoms with E-state index in [0.717, 1.165) is 13.1 Å². The van der Waals surface area contributed by atoms with Crippen LogP contribution < -0.4 is 10.6 Å². The van der Waals surface area contributed by atoms with Gasteiger partial charge in [0.2, 0.25) is 0 Å². The van der Waals surface area contributed by atoms with Crippen LogP contribution in [-0.4, -0.2) is 35.3 Å². The van der Waals surface area contributed by atoms with Crippen molar-refractivity contribution >= 4 is 5.91 Å². The van der Waals surface area contributed by atoms with Gasteiger partial charge in [-0.2, -0.15) is 5.10 Å². The Bertz CT molecular complexity index is 365. The van der Waals surface area contributed by atoms with E-state index in [1.807, 2.05) is 27.7 Å². The fourth-order valence-corrected chi connectivity index (χ4v) is 1.35. The minimum absolute atomic E-state index is 0.0709. The van der Waals surface area contributed by atoms with Crippen LogP contribution >= 0.6 is 0 Å². The first-order chi connectivity index (χ1) is 7.95. The van der Waals surface area contributed by atoms with E-state index in [1.165, 1.54) is 0 Å². The molecule has 0 saturated heterocycles. The van der Waals surface area contributed by atoms with E-state index in [-0.39, 0.29) is 11.4 Å². The summed E-state index contributed by atoms with van der Waals surface area (Å²) in [4.78, 5) is 11.8. The molecule has 2 N–H and O–H groups in total. The molecule has 0 atom stereocenters. The molecule has 1 aromatic heterocycles. The molecule has 1 aromatic rings. The van der Waals surface area contributed by atoms with Crippen molar-refractivity contribution in [1.82, 2.24) is 20.4 Å². The fraction of sp³-hybridized carbons (Fsp3) is 0.667. The zero-order chi connectivity index (χ0) is 12.9. The highest BCUT2D eigenvalue weighted by atomic mass is 16.1. The van der Waals surface area contributed by atoms with Gasteiger partial charge in [-0.15, -0.1) is 0 Å². The molecule has 0 fully saturated rings. The molecule has 0 radical (unpaired) electrons. The molecule has 0 aromatic carbocycles. The molecule has 96 valence electrons. The first-order valence-electron chi connectivity index (χ1n) is 5.99. The standard InChI is InChI=1S/C12H22N4O/c1-5-13-6-7-14-11(17)10-8-15-16(9-10)12(2,3)4/h8-9,13H,5-7H2,1-4H3,(H,14,17). The number of carbonyl (C=O) groups is 1. The number of hydrogen-bond acceptors (Lipinski definition) is 3. The predicted molar refractivity (Wildman–Crippen MR) is 68.1 cm³/mol. The molecule has 0 saturated carbocycles. The molecule has 17 heavy (non-hydrogen) atoms. The summed E-state index contributed by atoms with van der Waals surface area (Å²) in [7, 11) is 0. The zero-order valence-corrected chi connectivity index (χ0v) is 11.1. The lowest BCUT2D eigenvalue weighted by molar-refractivity contribution is 0.0954. The van der Waals surface area contributed by atoms with Crippen LogP contribution in [0.3, 0.4) is 0 Å². The highest BCUT2D eigenvalue weighted by Gasteiger charge is 2.16. The van der Waals surface area contributed by atoms with Crippen molar-refractivity contribution in [2.75, 3.05) is 19.6 Å². The van der Waals surface area contributed by atoms with Crippen LogP contribution in [0.25, 0.3) is 0 Å². The van der Waals surface area contributed by atoms with Gasteiger partial charge in [0.25, 0.3) is 5.91 Å². The summed E-state index contributed by atoms with van der Waals surface area (Å²) in [6.45, 7) is 10.5. The second kappa shape index (κ2) is 5.82. The van der Waals surface area contributed by atoms with E-state index < -0.39 is 0 Å². The Labute approximate surface area is 103 Å². The third-order valence-corrected chi connectivity index (χ3v) is 2.37. The van der Waals surface area contributed by atoms with E-state index in [0.29, 0.717) is 12.1 Å². The van der Waals surface area contributed by atoms with E-state index in [4.69, 9.17) is 0 Å². The monoisotopic (exact) mass is 238 g/mol. The molecular formula is C12H22N4O. The normalized spacial score (nSPS) is 11.5. The first-order valence-corrected chi connectivity index (χ1v) is 5.99. The molecule has 0 aliphatic carbocycles. The number of likely N-dealkylation sites (N-methyl/N-ethyl adjacent to an activating group) is 1. The molecule has 0 spiro atoms. The molecule has 1 rings (SSSR count). The fourth-order valence-electron chi connectivity index (χ4n) is 1.35. The minimum Gasteiger partial charge on any atom is -0.351 e. The SMILES string of the molecule is CCNCCNC(=O)c1cnn(C(C)(C)C)c1. The van der Waals surface area contributed by atoms with Crippen molar-refractivity contribution in [3.63, 3.8) is 0 Å². The first kappa shape index (κ1) is 13.7. The van der Waals surface area contributed by atoms with Crippen molar-refractivity contribution < 1.29 is 4.79 Å². The van der Waals surface area contributed by atoms with Crippen molar-refractivity contribution in [1.29, 1.82) is 0 Å². The topological polar surface area (TPSA) is 58.9 Å². The Morgan fingerprint density at radius 2 is 2.12 bits per heavy atom. The molecule has 0 aliphatic heterocycles. The largest absolute Gasteiger partial charge is 0.351 e. The van der Waals surface area contributed by atoms with Crippen LogP contribution in [0.1, 0.15) is 38.1 Å². The third-order valence-electron chi connectivity index (χ3n) is 2.37. The maximum Gasteiger partial charge on any atom is 0.254 e. The number of carbonyl (C=O) groups excluding carboxylic acids is 1. The van der Waals surface area contributed by atoms with Crippen LogP contribution in [0.4, 0.5) is 0 Å². The molecule has 1 amide bonds. The lowest BCUT2D eigenvalue weighted by Gasteiger charge is -2.18. The van der Waals surface area contributed by atoms with Crippen molar-refractivity contribution in [2.24, 2.45) is 0 Å². The summed E-state index contributed by atoms with van der Waals surface area (Å²) in [6, 6.07) is 0. The molecular weight excluding hydrogens is 216 g/mol. The maximum absolute atomic E-state index is 11.8. The van der Waals surface area contributed by atoms with E-state index in [2.05, 4.69) is 15.7 Å². The smallest absolute Gasteiger partial charge is 0.254 e. The van der Waals surface area contributed by atoms with Gasteiger partial charge in [-0.05, 0) is 27.3 Å². The molecule has 1 heterocycles. The van der Waals surface area contributed by atoms with Gasteiger partial charge < -0.3 is 10.6 Å². The molecule has 5 nitrogen and oxygen atoms in total. The van der Waals surface area contributed by atoms with Gasteiger partial charge in [0.1, 0.15) is 0 Å². The van der Waals surface area contributed by atoms with Gasteiger partial charge >= 0.3 is 0 Å². The second-order valence-corrected chi connectivity index (χ2v) is 4.95. The number of hydrogen-bond donors (Lipinski definition) is 2. The molecule has 0 bridgehead atoms. The van der Waals surface area contributed by atoms with E-state index in [1.54, 1.807) is 17.1 Å². The number of aromatic nitrogens is 2. The van der Waals surface area contributed by atoms with Gasteiger partial charge in [-0.1, -0.05) is 6.92 Å². The van der Waals surface area contributed by atoms with E-state index >= 15 is 0 Å². The third kappa shape index (κ3) is 4.19. The Morgan fingerprint density at radius 3 is 2.65 bits per heavy atom. The quantitative estimate of drug-likeness (QED) is 0.752. The van der Waals surface area contributed by atoms with Crippen LogP contribution in [0, 0.1) is 0 Å². The van der Waals surface area contributed by atoms with Gasteiger partial charge in [-0.3, -0.25) is 9.48 Å². The number of nitrogens with one attached hydrogen (secondary N) is 2. The maximum atomic E-state index is 11.8.